The van der Waals surface area contributed by atoms with Crippen molar-refractivity contribution in [2.75, 3.05) is 11.9 Å². The number of aliphatic hydroxyl groups is 2. The minimum Gasteiger partial charge on any atom is -0.396 e. The first-order valence-corrected chi connectivity index (χ1v) is 13.4. The summed E-state index contributed by atoms with van der Waals surface area (Å²) in [7, 11) is -3.28. The zero-order valence-corrected chi connectivity index (χ0v) is 19.4. The number of aliphatic hydroxyl groups excluding tert-OH is 2. The van der Waals surface area contributed by atoms with Crippen LogP contribution in [-0.2, 0) is 14.6 Å². The van der Waals surface area contributed by atoms with Crippen LogP contribution in [0, 0.1) is 5.92 Å². The minimum atomic E-state index is -3.28. The van der Waals surface area contributed by atoms with Crippen molar-refractivity contribution in [1.82, 2.24) is 4.98 Å². The van der Waals surface area contributed by atoms with E-state index in [2.05, 4.69) is 10.3 Å². The maximum absolute atomic E-state index is 13.2. The molecular formula is C23H28N2O5S2. The molecule has 0 bridgehead atoms. The molecule has 4 rings (SSSR count). The van der Waals surface area contributed by atoms with Gasteiger partial charge in [-0.05, 0) is 49.3 Å². The summed E-state index contributed by atoms with van der Waals surface area (Å²) in [4.78, 5) is 17.7. The van der Waals surface area contributed by atoms with Crippen LogP contribution < -0.4 is 5.32 Å². The molecular weight excluding hydrogens is 448 g/mol. The van der Waals surface area contributed by atoms with E-state index in [-0.39, 0.29) is 24.2 Å². The highest BCUT2D eigenvalue weighted by molar-refractivity contribution is 7.92. The molecule has 0 spiro atoms. The number of benzene rings is 1. The van der Waals surface area contributed by atoms with E-state index in [1.165, 1.54) is 11.3 Å². The van der Waals surface area contributed by atoms with Gasteiger partial charge >= 0.3 is 0 Å². The summed E-state index contributed by atoms with van der Waals surface area (Å²) in [6.45, 7) is -0.152. The second kappa shape index (κ2) is 9.82. The molecule has 0 aliphatic heterocycles. The first kappa shape index (κ1) is 23.1. The number of nitrogens with zero attached hydrogens (tertiary/aromatic N) is 1. The van der Waals surface area contributed by atoms with E-state index in [4.69, 9.17) is 5.11 Å². The van der Waals surface area contributed by atoms with Crippen LogP contribution in [0.2, 0.25) is 0 Å². The maximum atomic E-state index is 13.2. The number of amides is 1. The number of allylic oxidation sites excluding steroid dienone is 1. The molecule has 7 nitrogen and oxygen atoms in total. The SMILES string of the molecule is O=C(Nc1nc(C(O)CCO)cs1)/C(=C/C1CCCC1)c1ccc(S(=O)(=O)C2CC2)cc1. The van der Waals surface area contributed by atoms with E-state index in [0.29, 0.717) is 45.6 Å². The number of hydrogen-bond donors (Lipinski definition) is 3. The van der Waals surface area contributed by atoms with Gasteiger partial charge in [0.25, 0.3) is 5.91 Å². The van der Waals surface area contributed by atoms with Crippen LogP contribution in [-0.4, -0.2) is 41.4 Å². The number of thiazole rings is 1. The molecule has 1 aromatic heterocycles. The smallest absolute Gasteiger partial charge is 0.257 e. The third-order valence-electron chi connectivity index (χ3n) is 5.99. The highest BCUT2D eigenvalue weighted by atomic mass is 32.2. The Bertz CT molecular complexity index is 1080. The Morgan fingerprint density at radius 3 is 2.50 bits per heavy atom. The number of nitrogens with one attached hydrogen (secondary N) is 1. The van der Waals surface area contributed by atoms with E-state index in [1.54, 1.807) is 29.6 Å². The number of carbonyl (C=O) groups excluding carboxylic acids is 1. The Labute approximate surface area is 192 Å². The van der Waals surface area contributed by atoms with Gasteiger partial charge in [0.05, 0.1) is 21.9 Å². The fraction of sp³-hybridized carbons (Fsp3) is 0.478. The molecule has 1 amide bonds. The topological polar surface area (TPSA) is 117 Å². The molecule has 0 radical (unpaired) electrons. The molecule has 1 unspecified atom stereocenters. The molecule has 1 heterocycles. The van der Waals surface area contributed by atoms with Gasteiger partial charge in [0.15, 0.2) is 15.0 Å². The van der Waals surface area contributed by atoms with Gasteiger partial charge in [0.1, 0.15) is 0 Å². The summed E-state index contributed by atoms with van der Waals surface area (Å²) in [5.41, 5.74) is 1.58. The lowest BCUT2D eigenvalue weighted by Crippen LogP contribution is -2.15. The molecule has 2 saturated carbocycles. The Morgan fingerprint density at radius 1 is 1.19 bits per heavy atom. The van der Waals surface area contributed by atoms with Gasteiger partial charge in [-0.1, -0.05) is 31.1 Å². The van der Waals surface area contributed by atoms with Gasteiger partial charge < -0.3 is 10.2 Å². The van der Waals surface area contributed by atoms with Crippen LogP contribution in [0.4, 0.5) is 5.13 Å². The van der Waals surface area contributed by atoms with E-state index in [0.717, 1.165) is 25.7 Å². The molecule has 3 N–H and O–H groups in total. The van der Waals surface area contributed by atoms with Crippen molar-refractivity contribution in [2.45, 2.75) is 61.2 Å². The summed E-state index contributed by atoms with van der Waals surface area (Å²) in [5.74, 6) is -0.00361. The Morgan fingerprint density at radius 2 is 1.88 bits per heavy atom. The molecule has 2 aliphatic rings. The molecule has 32 heavy (non-hydrogen) atoms. The van der Waals surface area contributed by atoms with E-state index >= 15 is 0 Å². The maximum Gasteiger partial charge on any atom is 0.257 e. The van der Waals surface area contributed by atoms with Crippen molar-refractivity contribution in [1.29, 1.82) is 0 Å². The Hall–Kier alpha value is -2.07. The predicted octanol–water partition coefficient (Wildman–Crippen LogP) is 3.71. The average Bonchev–Trinajstić information content (AvgIpc) is 3.34. The molecule has 2 aromatic rings. The molecule has 9 heteroatoms. The van der Waals surface area contributed by atoms with Crippen LogP contribution in [0.3, 0.4) is 0 Å². The monoisotopic (exact) mass is 476 g/mol. The van der Waals surface area contributed by atoms with Crippen LogP contribution in [0.1, 0.15) is 62.3 Å². The quantitative estimate of drug-likeness (QED) is 0.475. The number of rotatable bonds is 9. The van der Waals surface area contributed by atoms with Gasteiger partial charge in [-0.25, -0.2) is 13.4 Å². The van der Waals surface area contributed by atoms with Crippen molar-refractivity contribution in [3.8, 4) is 0 Å². The van der Waals surface area contributed by atoms with E-state index in [1.807, 2.05) is 6.08 Å². The first-order valence-electron chi connectivity index (χ1n) is 11.0. The number of carbonyl (C=O) groups is 1. The Balaban J connectivity index is 1.56. The van der Waals surface area contributed by atoms with Gasteiger partial charge in [-0.15, -0.1) is 11.3 Å². The fourth-order valence-electron chi connectivity index (χ4n) is 3.99. The lowest BCUT2D eigenvalue weighted by Gasteiger charge is -2.12. The van der Waals surface area contributed by atoms with Crippen molar-refractivity contribution in [2.24, 2.45) is 5.92 Å². The van der Waals surface area contributed by atoms with E-state index in [9.17, 15) is 18.3 Å². The van der Waals surface area contributed by atoms with Gasteiger partial charge in [-0.2, -0.15) is 0 Å². The van der Waals surface area contributed by atoms with Crippen LogP contribution in [0.15, 0.2) is 40.6 Å². The van der Waals surface area contributed by atoms with Crippen molar-refractivity contribution in [3.63, 3.8) is 0 Å². The number of anilines is 1. The zero-order valence-electron chi connectivity index (χ0n) is 17.7. The largest absolute Gasteiger partial charge is 0.396 e. The summed E-state index contributed by atoms with van der Waals surface area (Å²) < 4.78 is 25.0. The highest BCUT2D eigenvalue weighted by Crippen LogP contribution is 2.35. The molecule has 1 aromatic carbocycles. The second-order valence-corrected chi connectivity index (χ2v) is 11.5. The summed E-state index contributed by atoms with van der Waals surface area (Å²) in [6, 6.07) is 6.58. The minimum absolute atomic E-state index is 0.152. The number of hydrogen-bond acceptors (Lipinski definition) is 7. The van der Waals surface area contributed by atoms with Gasteiger partial charge in [-0.3, -0.25) is 10.1 Å². The molecule has 0 saturated heterocycles. The summed E-state index contributed by atoms with van der Waals surface area (Å²) in [5, 5.41) is 23.5. The van der Waals surface area contributed by atoms with Crippen molar-refractivity contribution in [3.05, 3.63) is 47.0 Å². The average molecular weight is 477 g/mol. The lowest BCUT2D eigenvalue weighted by atomic mass is 9.98. The zero-order chi connectivity index (χ0) is 22.7. The normalized spacial score (nSPS) is 18.6. The number of aromatic nitrogens is 1. The summed E-state index contributed by atoms with van der Waals surface area (Å²) >= 11 is 1.21. The van der Waals surface area contributed by atoms with Gasteiger partial charge in [0, 0.05) is 24.0 Å². The standard InChI is InChI=1S/C23H28N2O5S2/c26-12-11-21(27)20-14-31-23(24-20)25-22(28)19(13-15-3-1-2-4-15)16-5-7-17(8-6-16)32(29,30)18-9-10-18/h5-8,13-15,18,21,26-27H,1-4,9-12H2,(H,24,25,28)/b19-13+. The van der Waals surface area contributed by atoms with Crippen LogP contribution in [0.25, 0.3) is 5.57 Å². The molecule has 1 atom stereocenters. The molecule has 2 fully saturated rings. The first-order chi connectivity index (χ1) is 15.4. The third kappa shape index (κ3) is 5.28. The molecule has 172 valence electrons. The lowest BCUT2D eigenvalue weighted by molar-refractivity contribution is -0.111. The predicted molar refractivity (Wildman–Crippen MR) is 124 cm³/mol. The van der Waals surface area contributed by atoms with Crippen molar-refractivity contribution < 1.29 is 23.4 Å². The molecule has 2 aliphatic carbocycles. The fourth-order valence-corrected chi connectivity index (χ4v) is 6.40. The van der Waals surface area contributed by atoms with Crippen molar-refractivity contribution >= 4 is 37.8 Å². The van der Waals surface area contributed by atoms with Crippen LogP contribution >= 0.6 is 11.3 Å². The summed E-state index contributed by atoms with van der Waals surface area (Å²) in [6.07, 6.45) is 7.03. The Kier molecular flexibility index (Phi) is 7.09. The number of sulfone groups is 1. The third-order valence-corrected chi connectivity index (χ3v) is 9.04. The second-order valence-electron chi connectivity index (χ2n) is 8.45. The van der Waals surface area contributed by atoms with E-state index < -0.39 is 15.9 Å². The van der Waals surface area contributed by atoms with Gasteiger partial charge in [0.2, 0.25) is 0 Å². The van der Waals surface area contributed by atoms with Crippen LogP contribution in [0.5, 0.6) is 0 Å². The highest BCUT2D eigenvalue weighted by Gasteiger charge is 2.36.